The molecule has 0 radical (unpaired) electrons. The van der Waals surface area contributed by atoms with Gasteiger partial charge in [-0.05, 0) is 43.0 Å². The van der Waals surface area contributed by atoms with Gasteiger partial charge in [0.1, 0.15) is 5.69 Å². The summed E-state index contributed by atoms with van der Waals surface area (Å²) in [5.41, 5.74) is 5.40. The second kappa shape index (κ2) is 8.43. The van der Waals surface area contributed by atoms with Crippen LogP contribution in [0.3, 0.4) is 0 Å². The summed E-state index contributed by atoms with van der Waals surface area (Å²) < 4.78 is 13.7. The molecule has 1 saturated heterocycles. The molecular formula is C25H25N3O2. The van der Waals surface area contributed by atoms with Crippen molar-refractivity contribution in [2.45, 2.75) is 38.5 Å². The lowest BCUT2D eigenvalue weighted by atomic mass is 10.0. The molecular weight excluding hydrogens is 374 g/mol. The van der Waals surface area contributed by atoms with Crippen LogP contribution in [0.25, 0.3) is 11.3 Å². The standard InChI is InChI=1S/C25H25N3O2/c1-18-13-20(10-9-19-7-8-19)11-12-23(18)24-14-28(27-26-24)15-25-29-16-22(17-30-25)21-5-3-2-4-6-21/h2-6,11-14,19,22,25H,7-8,15-17H2,1H3. The molecule has 30 heavy (non-hydrogen) atoms. The van der Waals surface area contributed by atoms with E-state index in [9.17, 15) is 0 Å². The quantitative estimate of drug-likeness (QED) is 0.618. The van der Waals surface area contributed by atoms with E-state index in [1.807, 2.05) is 24.4 Å². The Kier molecular flexibility index (Phi) is 5.35. The minimum atomic E-state index is -0.305. The van der Waals surface area contributed by atoms with E-state index in [1.54, 1.807) is 4.68 Å². The summed E-state index contributed by atoms with van der Waals surface area (Å²) in [4.78, 5) is 0. The number of rotatable bonds is 4. The SMILES string of the molecule is Cc1cc(C#CC2CC2)ccc1-c1cn(CC2OCC(c3ccccc3)CO2)nn1. The minimum absolute atomic E-state index is 0.276. The van der Waals surface area contributed by atoms with Crippen molar-refractivity contribution < 1.29 is 9.47 Å². The van der Waals surface area contributed by atoms with Gasteiger partial charge in [-0.15, -0.1) is 5.10 Å². The van der Waals surface area contributed by atoms with E-state index >= 15 is 0 Å². The summed E-state index contributed by atoms with van der Waals surface area (Å²) in [5.74, 6) is 7.47. The van der Waals surface area contributed by atoms with Crippen molar-refractivity contribution in [3.8, 4) is 23.1 Å². The Morgan fingerprint density at radius 3 is 2.60 bits per heavy atom. The largest absolute Gasteiger partial charge is 0.350 e. The van der Waals surface area contributed by atoms with Gasteiger partial charge >= 0.3 is 0 Å². The molecule has 5 heteroatoms. The number of hydrogen-bond donors (Lipinski definition) is 0. The lowest BCUT2D eigenvalue weighted by Gasteiger charge is -2.29. The first-order valence-electron chi connectivity index (χ1n) is 10.6. The number of ether oxygens (including phenoxy) is 2. The lowest BCUT2D eigenvalue weighted by Crippen LogP contribution is -2.34. The third kappa shape index (κ3) is 4.46. The first-order valence-corrected chi connectivity index (χ1v) is 10.6. The predicted octanol–water partition coefficient (Wildman–Crippen LogP) is 4.17. The maximum absolute atomic E-state index is 5.93. The summed E-state index contributed by atoms with van der Waals surface area (Å²) in [6.07, 6.45) is 4.14. The second-order valence-electron chi connectivity index (χ2n) is 8.10. The average molecular weight is 399 g/mol. The van der Waals surface area contributed by atoms with Gasteiger partial charge in [0, 0.05) is 23.0 Å². The summed E-state index contributed by atoms with van der Waals surface area (Å²) in [7, 11) is 0. The zero-order valence-corrected chi connectivity index (χ0v) is 17.1. The Morgan fingerprint density at radius 2 is 1.87 bits per heavy atom. The highest BCUT2D eigenvalue weighted by atomic mass is 16.7. The third-order valence-electron chi connectivity index (χ3n) is 5.61. The number of aryl methyl sites for hydroxylation is 1. The molecule has 0 amide bonds. The summed E-state index contributed by atoms with van der Waals surface area (Å²) in [6.45, 7) is 3.92. The Balaban J connectivity index is 1.21. The number of nitrogens with zero attached hydrogens (tertiary/aromatic N) is 3. The zero-order valence-electron chi connectivity index (χ0n) is 17.1. The molecule has 0 atom stereocenters. The van der Waals surface area contributed by atoms with Gasteiger partial charge in [-0.25, -0.2) is 4.68 Å². The highest BCUT2D eigenvalue weighted by Gasteiger charge is 2.24. The third-order valence-corrected chi connectivity index (χ3v) is 5.61. The van der Waals surface area contributed by atoms with E-state index in [2.05, 4.69) is 59.4 Å². The van der Waals surface area contributed by atoms with Crippen molar-refractivity contribution in [3.05, 3.63) is 71.4 Å². The van der Waals surface area contributed by atoms with Gasteiger partial charge in [-0.1, -0.05) is 53.5 Å². The van der Waals surface area contributed by atoms with Gasteiger partial charge in [-0.3, -0.25) is 0 Å². The van der Waals surface area contributed by atoms with Crippen molar-refractivity contribution in [1.29, 1.82) is 0 Å². The fraction of sp³-hybridized carbons (Fsp3) is 0.360. The van der Waals surface area contributed by atoms with E-state index in [-0.39, 0.29) is 12.2 Å². The van der Waals surface area contributed by atoms with Gasteiger partial charge in [0.15, 0.2) is 6.29 Å². The Bertz CT molecular complexity index is 1070. The Morgan fingerprint density at radius 1 is 1.07 bits per heavy atom. The van der Waals surface area contributed by atoms with Gasteiger partial charge in [-0.2, -0.15) is 0 Å². The summed E-state index contributed by atoms with van der Waals surface area (Å²) in [6, 6.07) is 16.6. The highest BCUT2D eigenvalue weighted by Crippen LogP contribution is 2.28. The molecule has 1 aliphatic carbocycles. The van der Waals surface area contributed by atoms with Gasteiger partial charge < -0.3 is 9.47 Å². The number of aromatic nitrogens is 3. The molecule has 0 N–H and O–H groups in total. The molecule has 2 aliphatic rings. The molecule has 152 valence electrons. The molecule has 1 saturated carbocycles. The van der Waals surface area contributed by atoms with Crippen LogP contribution in [0.15, 0.2) is 54.7 Å². The van der Waals surface area contributed by atoms with E-state index in [0.717, 1.165) is 22.4 Å². The van der Waals surface area contributed by atoms with Crippen LogP contribution in [-0.2, 0) is 16.0 Å². The highest BCUT2D eigenvalue weighted by molar-refractivity contribution is 5.64. The number of hydrogen-bond acceptors (Lipinski definition) is 4. The molecule has 5 nitrogen and oxygen atoms in total. The summed E-state index contributed by atoms with van der Waals surface area (Å²) in [5, 5.41) is 8.63. The van der Waals surface area contributed by atoms with Crippen LogP contribution in [0.2, 0.25) is 0 Å². The molecule has 3 aromatic rings. The molecule has 2 heterocycles. The first kappa shape index (κ1) is 19.0. The van der Waals surface area contributed by atoms with Crippen LogP contribution in [0, 0.1) is 24.7 Å². The van der Waals surface area contributed by atoms with Crippen molar-refractivity contribution in [3.63, 3.8) is 0 Å². The van der Waals surface area contributed by atoms with Gasteiger partial charge in [0.25, 0.3) is 0 Å². The molecule has 0 unspecified atom stereocenters. The molecule has 2 fully saturated rings. The molecule has 5 rings (SSSR count). The van der Waals surface area contributed by atoms with E-state index < -0.39 is 0 Å². The zero-order chi connectivity index (χ0) is 20.3. The Hall–Kier alpha value is -2.94. The van der Waals surface area contributed by atoms with Crippen LogP contribution in [0.5, 0.6) is 0 Å². The van der Waals surface area contributed by atoms with Crippen LogP contribution in [0.4, 0.5) is 0 Å². The molecule has 2 aromatic carbocycles. The predicted molar refractivity (Wildman–Crippen MR) is 115 cm³/mol. The maximum atomic E-state index is 5.93. The van der Waals surface area contributed by atoms with Crippen LogP contribution < -0.4 is 0 Å². The normalized spacial score (nSPS) is 21.1. The minimum Gasteiger partial charge on any atom is -0.350 e. The monoisotopic (exact) mass is 399 g/mol. The van der Waals surface area contributed by atoms with Crippen molar-refractivity contribution in [1.82, 2.24) is 15.0 Å². The maximum Gasteiger partial charge on any atom is 0.177 e. The molecule has 1 aliphatic heterocycles. The fourth-order valence-corrected chi connectivity index (χ4v) is 3.67. The van der Waals surface area contributed by atoms with Gasteiger partial charge in [0.2, 0.25) is 0 Å². The molecule has 0 bridgehead atoms. The topological polar surface area (TPSA) is 49.2 Å². The van der Waals surface area contributed by atoms with Crippen LogP contribution in [0.1, 0.15) is 35.4 Å². The smallest absolute Gasteiger partial charge is 0.177 e. The fourth-order valence-electron chi connectivity index (χ4n) is 3.67. The van der Waals surface area contributed by atoms with E-state index in [4.69, 9.17) is 9.47 Å². The molecule has 1 aromatic heterocycles. The lowest BCUT2D eigenvalue weighted by molar-refractivity contribution is -0.194. The van der Waals surface area contributed by atoms with Crippen molar-refractivity contribution in [2.75, 3.05) is 13.2 Å². The van der Waals surface area contributed by atoms with E-state index in [0.29, 0.717) is 25.7 Å². The van der Waals surface area contributed by atoms with Gasteiger partial charge in [0.05, 0.1) is 26.0 Å². The van der Waals surface area contributed by atoms with Crippen LogP contribution >= 0.6 is 0 Å². The van der Waals surface area contributed by atoms with E-state index in [1.165, 1.54) is 18.4 Å². The Labute approximate surface area is 177 Å². The average Bonchev–Trinajstić information content (AvgIpc) is 3.51. The molecule has 0 spiro atoms. The van der Waals surface area contributed by atoms with Crippen molar-refractivity contribution in [2.24, 2.45) is 5.92 Å². The van der Waals surface area contributed by atoms with Crippen LogP contribution in [-0.4, -0.2) is 34.5 Å². The second-order valence-corrected chi connectivity index (χ2v) is 8.10. The number of benzene rings is 2. The summed E-state index contributed by atoms with van der Waals surface area (Å²) >= 11 is 0. The first-order chi connectivity index (χ1) is 14.7. The van der Waals surface area contributed by atoms with Crippen molar-refractivity contribution >= 4 is 0 Å².